The van der Waals surface area contributed by atoms with Gasteiger partial charge in [0, 0.05) is 30.6 Å². The SMILES string of the molecule is COc1ccc(C2CNC3c4nnccc4CCc4c[nH]c2c43)cc1F. The zero-order chi connectivity index (χ0) is 17.7. The zero-order valence-corrected chi connectivity index (χ0v) is 14.4. The first kappa shape index (κ1) is 15.5. The lowest BCUT2D eigenvalue weighted by molar-refractivity contribution is 0.385. The molecule has 3 heterocycles. The summed E-state index contributed by atoms with van der Waals surface area (Å²) in [5.74, 6) is -0.000444. The van der Waals surface area contributed by atoms with Gasteiger partial charge in [-0.25, -0.2) is 4.39 Å². The van der Waals surface area contributed by atoms with Crippen LogP contribution in [0.2, 0.25) is 0 Å². The van der Waals surface area contributed by atoms with Crippen molar-refractivity contribution in [3.63, 3.8) is 0 Å². The molecule has 6 heteroatoms. The van der Waals surface area contributed by atoms with Gasteiger partial charge in [-0.3, -0.25) is 0 Å². The molecule has 2 aromatic heterocycles. The fourth-order valence-corrected chi connectivity index (χ4v) is 4.28. The maximum atomic E-state index is 14.2. The molecule has 0 radical (unpaired) electrons. The van der Waals surface area contributed by atoms with Gasteiger partial charge in [0.2, 0.25) is 0 Å². The number of fused-ring (bicyclic) bond motifs is 2. The Kier molecular flexibility index (Phi) is 3.53. The molecular formula is C20H19FN4O. The molecule has 0 spiro atoms. The highest BCUT2D eigenvalue weighted by Gasteiger charge is 2.36. The predicted molar refractivity (Wildman–Crippen MR) is 94.9 cm³/mol. The molecule has 2 atom stereocenters. The van der Waals surface area contributed by atoms with Crippen LogP contribution in [-0.2, 0) is 12.8 Å². The van der Waals surface area contributed by atoms with Crippen molar-refractivity contribution in [3.8, 4) is 5.75 Å². The molecule has 0 bridgehead atoms. The van der Waals surface area contributed by atoms with Crippen LogP contribution in [0.1, 0.15) is 45.6 Å². The topological polar surface area (TPSA) is 62.8 Å². The molecule has 5 nitrogen and oxygen atoms in total. The van der Waals surface area contributed by atoms with Gasteiger partial charge in [0.1, 0.15) is 0 Å². The lowest BCUT2D eigenvalue weighted by Gasteiger charge is -2.31. The van der Waals surface area contributed by atoms with Crippen molar-refractivity contribution in [1.29, 1.82) is 0 Å². The number of hydrogen-bond donors (Lipinski definition) is 2. The second-order valence-corrected chi connectivity index (χ2v) is 6.87. The van der Waals surface area contributed by atoms with Gasteiger partial charge in [-0.15, -0.1) is 0 Å². The number of aromatic nitrogens is 3. The van der Waals surface area contributed by atoms with Gasteiger partial charge in [0.05, 0.1) is 18.8 Å². The third-order valence-electron chi connectivity index (χ3n) is 5.55. The number of methoxy groups -OCH3 is 1. The first-order valence-corrected chi connectivity index (χ1v) is 8.83. The number of hydrogen-bond acceptors (Lipinski definition) is 4. The van der Waals surface area contributed by atoms with Crippen molar-refractivity contribution < 1.29 is 9.13 Å². The van der Waals surface area contributed by atoms with E-state index in [-0.39, 0.29) is 23.5 Å². The Balaban J connectivity index is 1.61. The third kappa shape index (κ3) is 2.25. The normalized spacial score (nSPS) is 20.8. The number of aryl methyl sites for hydroxylation is 2. The molecule has 5 rings (SSSR count). The summed E-state index contributed by atoms with van der Waals surface area (Å²) >= 11 is 0. The first-order chi connectivity index (χ1) is 12.8. The number of rotatable bonds is 2. The lowest BCUT2D eigenvalue weighted by atomic mass is 9.85. The molecule has 2 N–H and O–H groups in total. The summed E-state index contributed by atoms with van der Waals surface area (Å²) in [6.07, 6.45) is 5.77. The Morgan fingerprint density at radius 2 is 2.08 bits per heavy atom. The van der Waals surface area contributed by atoms with Crippen molar-refractivity contribution in [2.45, 2.75) is 24.8 Å². The summed E-state index contributed by atoms with van der Waals surface area (Å²) < 4.78 is 19.3. The van der Waals surface area contributed by atoms with Gasteiger partial charge in [-0.1, -0.05) is 6.07 Å². The van der Waals surface area contributed by atoms with E-state index in [9.17, 15) is 4.39 Å². The maximum Gasteiger partial charge on any atom is 0.165 e. The van der Waals surface area contributed by atoms with Crippen LogP contribution in [0.25, 0.3) is 0 Å². The van der Waals surface area contributed by atoms with E-state index in [0.717, 1.165) is 29.8 Å². The van der Waals surface area contributed by atoms with E-state index >= 15 is 0 Å². The van der Waals surface area contributed by atoms with E-state index in [1.54, 1.807) is 18.3 Å². The molecule has 0 saturated heterocycles. The van der Waals surface area contributed by atoms with Crippen LogP contribution in [0.5, 0.6) is 5.75 Å². The second-order valence-electron chi connectivity index (χ2n) is 6.87. The Hall–Kier alpha value is -2.73. The van der Waals surface area contributed by atoms with Gasteiger partial charge in [-0.05, 0) is 53.3 Å². The van der Waals surface area contributed by atoms with Crippen LogP contribution in [0, 0.1) is 5.82 Å². The number of nitrogens with one attached hydrogen (secondary N) is 2. The molecule has 1 aliphatic carbocycles. The summed E-state index contributed by atoms with van der Waals surface area (Å²) in [6.45, 7) is 0.708. The average molecular weight is 350 g/mol. The Morgan fingerprint density at radius 1 is 1.19 bits per heavy atom. The molecule has 132 valence electrons. The maximum absolute atomic E-state index is 14.2. The molecule has 1 aliphatic heterocycles. The molecule has 0 amide bonds. The molecule has 2 aliphatic rings. The van der Waals surface area contributed by atoms with E-state index in [0.29, 0.717) is 6.54 Å². The molecule has 3 aromatic rings. The quantitative estimate of drug-likeness (QED) is 0.746. The number of nitrogens with zero attached hydrogens (tertiary/aromatic N) is 2. The summed E-state index contributed by atoms with van der Waals surface area (Å²) in [5.41, 5.74) is 6.88. The predicted octanol–water partition coefficient (Wildman–Crippen LogP) is 2.88. The largest absolute Gasteiger partial charge is 0.494 e. The third-order valence-corrected chi connectivity index (χ3v) is 5.55. The van der Waals surface area contributed by atoms with E-state index in [1.165, 1.54) is 23.8 Å². The average Bonchev–Trinajstić information content (AvgIpc) is 3.02. The van der Waals surface area contributed by atoms with Crippen molar-refractivity contribution in [2.24, 2.45) is 0 Å². The minimum absolute atomic E-state index is 0.0387. The second kappa shape index (κ2) is 5.92. The van der Waals surface area contributed by atoms with Crippen molar-refractivity contribution in [1.82, 2.24) is 20.5 Å². The fraction of sp³-hybridized carbons (Fsp3) is 0.300. The highest BCUT2D eigenvalue weighted by Crippen LogP contribution is 2.41. The van der Waals surface area contributed by atoms with Crippen LogP contribution >= 0.6 is 0 Å². The highest BCUT2D eigenvalue weighted by atomic mass is 19.1. The molecule has 26 heavy (non-hydrogen) atoms. The van der Waals surface area contributed by atoms with Gasteiger partial charge in [0.15, 0.2) is 11.6 Å². The Labute approximate surface area is 150 Å². The molecular weight excluding hydrogens is 331 g/mol. The van der Waals surface area contributed by atoms with Crippen LogP contribution in [0.4, 0.5) is 4.39 Å². The van der Waals surface area contributed by atoms with Gasteiger partial charge in [-0.2, -0.15) is 10.2 Å². The van der Waals surface area contributed by atoms with E-state index in [1.807, 2.05) is 6.07 Å². The van der Waals surface area contributed by atoms with Crippen molar-refractivity contribution in [2.75, 3.05) is 13.7 Å². The molecule has 1 aromatic carbocycles. The van der Waals surface area contributed by atoms with Crippen LogP contribution in [0.3, 0.4) is 0 Å². The zero-order valence-electron chi connectivity index (χ0n) is 14.4. The standard InChI is InChI=1S/C20H19FN4O/c1-26-16-5-4-12(8-15(16)21)14-10-23-20-17-13(9-22-19(14)17)3-2-11-6-7-24-25-18(11)20/h4-9,14,20,22-23H,2-3,10H2,1H3. The van der Waals surface area contributed by atoms with E-state index in [2.05, 4.69) is 32.8 Å². The smallest absolute Gasteiger partial charge is 0.165 e. The first-order valence-electron chi connectivity index (χ1n) is 8.83. The fourth-order valence-electron chi connectivity index (χ4n) is 4.28. The van der Waals surface area contributed by atoms with Crippen molar-refractivity contribution in [3.05, 3.63) is 76.1 Å². The van der Waals surface area contributed by atoms with E-state index < -0.39 is 0 Å². The van der Waals surface area contributed by atoms with E-state index in [4.69, 9.17) is 4.74 Å². The molecule has 0 fully saturated rings. The highest BCUT2D eigenvalue weighted by molar-refractivity contribution is 5.49. The Morgan fingerprint density at radius 3 is 2.92 bits per heavy atom. The summed E-state index contributed by atoms with van der Waals surface area (Å²) in [5, 5.41) is 12.1. The van der Waals surface area contributed by atoms with Gasteiger partial charge >= 0.3 is 0 Å². The number of aromatic amines is 1. The summed E-state index contributed by atoms with van der Waals surface area (Å²) in [6, 6.07) is 7.30. The van der Waals surface area contributed by atoms with Crippen LogP contribution in [0.15, 0.2) is 36.7 Å². The number of benzene rings is 1. The number of halogens is 1. The van der Waals surface area contributed by atoms with Gasteiger partial charge in [0.25, 0.3) is 0 Å². The lowest BCUT2D eigenvalue weighted by Crippen LogP contribution is -2.35. The van der Waals surface area contributed by atoms with Crippen LogP contribution < -0.4 is 10.1 Å². The Bertz CT molecular complexity index is 984. The number of ether oxygens (including phenoxy) is 1. The summed E-state index contributed by atoms with van der Waals surface area (Å²) in [7, 11) is 1.48. The summed E-state index contributed by atoms with van der Waals surface area (Å²) in [4.78, 5) is 3.46. The molecule has 2 unspecified atom stereocenters. The molecule has 0 saturated carbocycles. The monoisotopic (exact) mass is 350 g/mol. The van der Waals surface area contributed by atoms with Crippen molar-refractivity contribution >= 4 is 0 Å². The van der Waals surface area contributed by atoms with Crippen LogP contribution in [-0.4, -0.2) is 28.8 Å². The van der Waals surface area contributed by atoms with Gasteiger partial charge < -0.3 is 15.0 Å². The minimum Gasteiger partial charge on any atom is -0.494 e. The minimum atomic E-state index is -0.332. The number of H-pyrrole nitrogens is 1.